The highest BCUT2D eigenvalue weighted by Gasteiger charge is 2.34. The van der Waals surface area contributed by atoms with Crippen LogP contribution in [0.3, 0.4) is 0 Å². The second-order valence-corrected chi connectivity index (χ2v) is 7.70. The molecule has 1 saturated heterocycles. The number of para-hydroxylation sites is 1. The number of alkyl halides is 3. The molecule has 3 aromatic rings. The predicted molar refractivity (Wildman–Crippen MR) is 109 cm³/mol. The first-order chi connectivity index (χ1) is 14.8. The lowest BCUT2D eigenvalue weighted by atomic mass is 10.1. The molecule has 2 heterocycles. The van der Waals surface area contributed by atoms with Crippen LogP contribution in [0.4, 0.5) is 13.2 Å². The summed E-state index contributed by atoms with van der Waals surface area (Å²) in [6, 6.07) is 12.7. The summed E-state index contributed by atoms with van der Waals surface area (Å²) in [6.45, 7) is 3.05. The Morgan fingerprint density at radius 3 is 2.48 bits per heavy atom. The van der Waals surface area contributed by atoms with Gasteiger partial charge in [0.1, 0.15) is 0 Å². The number of hydrogen-bond acceptors (Lipinski definition) is 4. The van der Waals surface area contributed by atoms with E-state index in [-0.39, 0.29) is 17.3 Å². The molecule has 0 spiro atoms. The molecule has 0 radical (unpaired) electrons. The Balaban J connectivity index is 1.41. The van der Waals surface area contributed by atoms with Gasteiger partial charge in [-0.2, -0.15) is 13.2 Å². The molecular weight excluding hydrogens is 431 g/mol. The van der Waals surface area contributed by atoms with E-state index in [9.17, 15) is 18.0 Å². The van der Waals surface area contributed by atoms with Gasteiger partial charge in [0, 0.05) is 37.7 Å². The summed E-state index contributed by atoms with van der Waals surface area (Å²) in [5, 5.41) is 8.25. The van der Waals surface area contributed by atoms with Crippen molar-refractivity contribution in [2.75, 3.05) is 26.2 Å². The SMILES string of the molecule is O=C(c1cn(-c2ccccc2C(F)(F)F)nn1)N1CCN(Cc2cccc(Cl)c2)CC1. The van der Waals surface area contributed by atoms with Crippen molar-refractivity contribution in [3.63, 3.8) is 0 Å². The molecule has 0 bridgehead atoms. The maximum absolute atomic E-state index is 13.3. The summed E-state index contributed by atoms with van der Waals surface area (Å²) in [7, 11) is 0. The van der Waals surface area contributed by atoms with Crippen molar-refractivity contribution < 1.29 is 18.0 Å². The number of halogens is 4. The van der Waals surface area contributed by atoms with Crippen molar-refractivity contribution >= 4 is 17.5 Å². The second-order valence-electron chi connectivity index (χ2n) is 7.26. The van der Waals surface area contributed by atoms with Gasteiger partial charge in [0.2, 0.25) is 0 Å². The monoisotopic (exact) mass is 449 g/mol. The molecule has 2 aromatic carbocycles. The minimum Gasteiger partial charge on any atom is -0.335 e. The molecule has 1 amide bonds. The van der Waals surface area contributed by atoms with Gasteiger partial charge < -0.3 is 4.90 Å². The van der Waals surface area contributed by atoms with Gasteiger partial charge >= 0.3 is 6.18 Å². The fraction of sp³-hybridized carbons (Fsp3) is 0.286. The Morgan fingerprint density at radius 2 is 1.77 bits per heavy atom. The maximum Gasteiger partial charge on any atom is 0.418 e. The first kappa shape index (κ1) is 21.3. The van der Waals surface area contributed by atoms with Gasteiger partial charge in [-0.25, -0.2) is 4.68 Å². The average Bonchev–Trinajstić information content (AvgIpc) is 3.23. The number of benzene rings is 2. The van der Waals surface area contributed by atoms with Crippen LogP contribution >= 0.6 is 11.6 Å². The molecule has 0 aliphatic carbocycles. The van der Waals surface area contributed by atoms with Crippen LogP contribution in [-0.4, -0.2) is 56.9 Å². The second kappa shape index (κ2) is 8.68. The zero-order valence-electron chi connectivity index (χ0n) is 16.4. The Morgan fingerprint density at radius 1 is 1.03 bits per heavy atom. The number of carbonyl (C=O) groups excluding carboxylic acids is 1. The molecule has 1 aliphatic rings. The third kappa shape index (κ3) is 4.88. The standard InChI is InChI=1S/C21H19ClF3N5O/c22-16-5-3-4-15(12-16)13-28-8-10-29(11-9-28)20(31)18-14-30(27-26-18)19-7-2-1-6-17(19)21(23,24)25/h1-7,12,14H,8-11,13H2. The maximum atomic E-state index is 13.3. The Bertz CT molecular complexity index is 1080. The summed E-state index contributed by atoms with van der Waals surface area (Å²) in [6.07, 6.45) is -3.29. The van der Waals surface area contributed by atoms with E-state index in [0.717, 1.165) is 22.9 Å². The first-order valence-corrected chi connectivity index (χ1v) is 10.0. The number of aromatic nitrogens is 3. The lowest BCUT2D eigenvalue weighted by Crippen LogP contribution is -2.48. The normalized spacial score (nSPS) is 15.3. The third-order valence-corrected chi connectivity index (χ3v) is 5.36. The smallest absolute Gasteiger partial charge is 0.335 e. The fourth-order valence-electron chi connectivity index (χ4n) is 3.56. The molecule has 0 saturated carbocycles. The summed E-state index contributed by atoms with van der Waals surface area (Å²) in [4.78, 5) is 16.6. The number of amides is 1. The largest absolute Gasteiger partial charge is 0.418 e. The number of nitrogens with zero attached hydrogens (tertiary/aromatic N) is 5. The van der Waals surface area contributed by atoms with Crippen molar-refractivity contribution in [1.82, 2.24) is 24.8 Å². The van der Waals surface area contributed by atoms with Gasteiger partial charge in [0.15, 0.2) is 5.69 Å². The molecule has 1 aromatic heterocycles. The Labute approximate surface area is 181 Å². The van der Waals surface area contributed by atoms with Gasteiger partial charge in [0.25, 0.3) is 5.91 Å². The Kier molecular flexibility index (Phi) is 5.97. The summed E-state index contributed by atoms with van der Waals surface area (Å²) < 4.78 is 40.8. The minimum atomic E-state index is -4.54. The van der Waals surface area contributed by atoms with E-state index in [1.54, 1.807) is 4.90 Å². The summed E-state index contributed by atoms with van der Waals surface area (Å²) in [5.74, 6) is -0.349. The van der Waals surface area contributed by atoms with E-state index in [4.69, 9.17) is 11.6 Å². The van der Waals surface area contributed by atoms with Gasteiger partial charge in [0.05, 0.1) is 17.4 Å². The van der Waals surface area contributed by atoms with Crippen molar-refractivity contribution in [2.24, 2.45) is 0 Å². The average molecular weight is 450 g/mol. The van der Waals surface area contributed by atoms with E-state index in [1.807, 2.05) is 24.3 Å². The van der Waals surface area contributed by atoms with E-state index in [1.165, 1.54) is 24.4 Å². The molecule has 0 N–H and O–H groups in total. The predicted octanol–water partition coefficient (Wildman–Crippen LogP) is 3.90. The zero-order chi connectivity index (χ0) is 22.0. The molecular formula is C21H19ClF3N5O. The molecule has 1 aliphatic heterocycles. The third-order valence-electron chi connectivity index (χ3n) is 5.12. The van der Waals surface area contributed by atoms with Crippen LogP contribution < -0.4 is 0 Å². The van der Waals surface area contributed by atoms with Crippen LogP contribution in [-0.2, 0) is 12.7 Å². The number of piperazine rings is 1. The highest BCUT2D eigenvalue weighted by atomic mass is 35.5. The lowest BCUT2D eigenvalue weighted by Gasteiger charge is -2.34. The summed E-state index contributed by atoms with van der Waals surface area (Å²) >= 11 is 6.03. The van der Waals surface area contributed by atoms with Gasteiger partial charge in [-0.1, -0.05) is 41.1 Å². The quantitative estimate of drug-likeness (QED) is 0.606. The lowest BCUT2D eigenvalue weighted by molar-refractivity contribution is -0.137. The van der Waals surface area contributed by atoms with Gasteiger partial charge in [-0.15, -0.1) is 5.10 Å². The van der Waals surface area contributed by atoms with Crippen LogP contribution in [0, 0.1) is 0 Å². The first-order valence-electron chi connectivity index (χ1n) is 9.66. The number of rotatable bonds is 4. The van der Waals surface area contributed by atoms with Crippen LogP contribution in [0.25, 0.3) is 5.69 Å². The topological polar surface area (TPSA) is 54.3 Å². The molecule has 1 fully saturated rings. The molecule has 4 rings (SSSR count). The molecule has 162 valence electrons. The Hall–Kier alpha value is -2.91. The van der Waals surface area contributed by atoms with Crippen molar-refractivity contribution in [3.05, 3.63) is 76.6 Å². The molecule has 0 unspecified atom stereocenters. The van der Waals surface area contributed by atoms with Crippen LogP contribution in [0.2, 0.25) is 5.02 Å². The van der Waals surface area contributed by atoms with E-state index in [2.05, 4.69) is 15.2 Å². The van der Waals surface area contributed by atoms with Crippen molar-refractivity contribution in [2.45, 2.75) is 12.7 Å². The molecule has 31 heavy (non-hydrogen) atoms. The van der Waals surface area contributed by atoms with Gasteiger partial charge in [-0.05, 0) is 29.8 Å². The van der Waals surface area contributed by atoms with E-state index < -0.39 is 11.7 Å². The van der Waals surface area contributed by atoms with Gasteiger partial charge in [-0.3, -0.25) is 9.69 Å². The summed E-state index contributed by atoms with van der Waals surface area (Å²) in [5.41, 5.74) is 0.0974. The highest BCUT2D eigenvalue weighted by molar-refractivity contribution is 6.30. The number of carbonyl (C=O) groups is 1. The fourth-order valence-corrected chi connectivity index (χ4v) is 3.77. The van der Waals surface area contributed by atoms with Crippen LogP contribution in [0.15, 0.2) is 54.7 Å². The van der Waals surface area contributed by atoms with Crippen LogP contribution in [0.5, 0.6) is 0 Å². The molecule has 10 heteroatoms. The highest BCUT2D eigenvalue weighted by Crippen LogP contribution is 2.33. The van der Waals surface area contributed by atoms with Crippen molar-refractivity contribution in [3.8, 4) is 5.69 Å². The van der Waals surface area contributed by atoms with Crippen LogP contribution in [0.1, 0.15) is 21.6 Å². The minimum absolute atomic E-state index is 0.0141. The number of hydrogen-bond donors (Lipinski definition) is 0. The van der Waals surface area contributed by atoms with Crippen molar-refractivity contribution in [1.29, 1.82) is 0 Å². The zero-order valence-corrected chi connectivity index (χ0v) is 17.1. The molecule has 0 atom stereocenters. The molecule has 6 nitrogen and oxygen atoms in total. The van der Waals surface area contributed by atoms with E-state index >= 15 is 0 Å². The van der Waals surface area contributed by atoms with E-state index in [0.29, 0.717) is 31.2 Å².